The fraction of sp³-hybridized carbons (Fsp3) is 0.100. The topological polar surface area (TPSA) is 93.2 Å². The third-order valence-corrected chi connectivity index (χ3v) is 3.83. The Balaban J connectivity index is 1.77. The highest BCUT2D eigenvalue weighted by molar-refractivity contribution is 6.03. The van der Waals surface area contributed by atoms with Gasteiger partial charge in [0.05, 0.1) is 12.7 Å². The van der Waals surface area contributed by atoms with Crippen LogP contribution in [-0.4, -0.2) is 29.0 Å². The van der Waals surface area contributed by atoms with E-state index in [0.29, 0.717) is 22.9 Å². The molecule has 3 rings (SSSR count). The van der Waals surface area contributed by atoms with E-state index < -0.39 is 23.5 Å². The van der Waals surface area contributed by atoms with Gasteiger partial charge in [-0.2, -0.15) is 0 Å². The van der Waals surface area contributed by atoms with Gasteiger partial charge < -0.3 is 15.4 Å². The van der Waals surface area contributed by atoms with Crippen molar-refractivity contribution >= 4 is 29.1 Å². The fourth-order valence-electron chi connectivity index (χ4n) is 2.47. The molecular formula is C20H16F2N4O3. The first-order valence-corrected chi connectivity index (χ1v) is 8.43. The van der Waals surface area contributed by atoms with Gasteiger partial charge in [0.2, 0.25) is 0 Å². The molecule has 2 N–H and O–H groups in total. The quantitative estimate of drug-likeness (QED) is 0.635. The number of carbonyl (C=O) groups excluding carboxylic acids is 2. The van der Waals surface area contributed by atoms with Crippen molar-refractivity contribution in [2.45, 2.75) is 6.92 Å². The van der Waals surface area contributed by atoms with Crippen LogP contribution in [0.3, 0.4) is 0 Å². The number of hydrogen-bond acceptors (Lipinski definition) is 6. The summed E-state index contributed by atoms with van der Waals surface area (Å²) >= 11 is 0. The highest BCUT2D eigenvalue weighted by Crippen LogP contribution is 2.18. The van der Waals surface area contributed by atoms with Crippen molar-refractivity contribution in [3.05, 3.63) is 77.2 Å². The molecule has 0 aliphatic carbocycles. The van der Waals surface area contributed by atoms with E-state index in [4.69, 9.17) is 0 Å². The number of nitrogens with one attached hydrogen (secondary N) is 2. The minimum atomic E-state index is -1.07. The molecule has 9 heteroatoms. The second-order valence-electron chi connectivity index (χ2n) is 5.96. The number of ether oxygens (including phenoxy) is 1. The molecule has 1 heterocycles. The van der Waals surface area contributed by atoms with E-state index in [1.807, 2.05) is 0 Å². The van der Waals surface area contributed by atoms with Crippen LogP contribution in [0.4, 0.5) is 26.0 Å². The number of hydrogen-bond donors (Lipinski definition) is 2. The van der Waals surface area contributed by atoms with Gasteiger partial charge in [0.15, 0.2) is 11.6 Å². The van der Waals surface area contributed by atoms with Gasteiger partial charge in [-0.3, -0.25) is 4.79 Å². The zero-order valence-corrected chi connectivity index (χ0v) is 15.5. The molecule has 3 aromatic rings. The van der Waals surface area contributed by atoms with Crippen LogP contribution >= 0.6 is 0 Å². The second kappa shape index (κ2) is 8.42. The maximum atomic E-state index is 13.3. The zero-order valence-electron chi connectivity index (χ0n) is 15.5. The highest BCUT2D eigenvalue weighted by Gasteiger charge is 2.13. The molecule has 0 saturated heterocycles. The van der Waals surface area contributed by atoms with Gasteiger partial charge in [-0.15, -0.1) is 0 Å². The van der Waals surface area contributed by atoms with Gasteiger partial charge in [-0.1, -0.05) is 0 Å². The van der Waals surface area contributed by atoms with Crippen molar-refractivity contribution in [1.82, 2.24) is 9.97 Å². The third-order valence-electron chi connectivity index (χ3n) is 3.83. The number of halogens is 2. The maximum Gasteiger partial charge on any atom is 0.337 e. The normalized spacial score (nSPS) is 10.3. The molecule has 0 radical (unpaired) electrons. The summed E-state index contributed by atoms with van der Waals surface area (Å²) in [7, 11) is 1.30. The number of rotatable bonds is 5. The molecule has 0 saturated carbocycles. The first-order chi connectivity index (χ1) is 13.9. The zero-order chi connectivity index (χ0) is 21.0. The summed E-state index contributed by atoms with van der Waals surface area (Å²) < 4.78 is 31.0. The van der Waals surface area contributed by atoms with E-state index >= 15 is 0 Å². The molecular weight excluding hydrogens is 382 g/mol. The lowest BCUT2D eigenvalue weighted by Crippen LogP contribution is -2.15. The fourth-order valence-corrected chi connectivity index (χ4v) is 2.47. The minimum Gasteiger partial charge on any atom is -0.465 e. The number of methoxy groups -OCH3 is 1. The Kier molecular flexibility index (Phi) is 5.77. The molecule has 148 valence electrons. The summed E-state index contributed by atoms with van der Waals surface area (Å²) in [6.45, 7) is 1.61. The number of aryl methyl sites for hydroxylation is 1. The lowest BCUT2D eigenvalue weighted by molar-refractivity contribution is 0.0600. The van der Waals surface area contributed by atoms with E-state index in [-0.39, 0.29) is 11.4 Å². The molecule has 29 heavy (non-hydrogen) atoms. The molecule has 0 aliphatic heterocycles. The van der Waals surface area contributed by atoms with Gasteiger partial charge in [0, 0.05) is 23.5 Å². The molecule has 0 atom stereocenters. The van der Waals surface area contributed by atoms with Crippen molar-refractivity contribution in [3.63, 3.8) is 0 Å². The Labute approximate surface area is 164 Å². The number of aromatic nitrogens is 2. The first kappa shape index (κ1) is 19.9. The number of carbonyl (C=O) groups is 2. The van der Waals surface area contributed by atoms with Crippen LogP contribution in [0.1, 0.15) is 26.7 Å². The van der Waals surface area contributed by atoms with E-state index in [1.165, 1.54) is 19.2 Å². The van der Waals surface area contributed by atoms with Crippen molar-refractivity contribution in [3.8, 4) is 0 Å². The van der Waals surface area contributed by atoms with Gasteiger partial charge in [-0.05, 0) is 43.3 Å². The smallest absolute Gasteiger partial charge is 0.337 e. The molecule has 0 fully saturated rings. The van der Waals surface area contributed by atoms with Crippen LogP contribution in [0.25, 0.3) is 0 Å². The van der Waals surface area contributed by atoms with E-state index in [1.54, 1.807) is 31.2 Å². The number of esters is 1. The van der Waals surface area contributed by atoms with Gasteiger partial charge in [0.25, 0.3) is 5.91 Å². The Morgan fingerprint density at radius 1 is 0.931 bits per heavy atom. The van der Waals surface area contributed by atoms with Crippen LogP contribution in [0.15, 0.2) is 48.5 Å². The number of amides is 1. The Morgan fingerprint density at radius 3 is 2.28 bits per heavy atom. The summed E-state index contributed by atoms with van der Waals surface area (Å²) in [6, 6.07) is 10.9. The van der Waals surface area contributed by atoms with Crippen LogP contribution in [-0.2, 0) is 4.74 Å². The SMILES string of the molecule is COC(=O)c1ccc(Nc2cc(C(=O)Nc3ccc(F)c(F)c3)nc(C)n2)cc1. The Bertz CT molecular complexity index is 1070. The largest absolute Gasteiger partial charge is 0.465 e. The maximum absolute atomic E-state index is 13.3. The predicted octanol–water partition coefficient (Wildman–Crippen LogP) is 3.85. The monoisotopic (exact) mass is 398 g/mol. The van der Waals surface area contributed by atoms with Crippen LogP contribution in [0, 0.1) is 18.6 Å². The molecule has 1 aromatic heterocycles. The Hall–Kier alpha value is -3.88. The molecule has 0 unspecified atom stereocenters. The highest BCUT2D eigenvalue weighted by atomic mass is 19.2. The molecule has 7 nitrogen and oxygen atoms in total. The average Bonchev–Trinajstić information content (AvgIpc) is 2.70. The second-order valence-corrected chi connectivity index (χ2v) is 5.96. The number of benzene rings is 2. The molecule has 0 aliphatic rings. The summed E-state index contributed by atoms with van der Waals surface area (Å²) in [5.74, 6) is -2.46. The lowest BCUT2D eigenvalue weighted by atomic mass is 10.2. The average molecular weight is 398 g/mol. The van der Waals surface area contributed by atoms with Gasteiger partial charge >= 0.3 is 5.97 Å². The summed E-state index contributed by atoms with van der Waals surface area (Å²) in [5, 5.41) is 5.47. The molecule has 1 amide bonds. The van der Waals surface area contributed by atoms with Gasteiger partial charge in [0.1, 0.15) is 17.3 Å². The van der Waals surface area contributed by atoms with Crippen molar-refractivity contribution in [2.24, 2.45) is 0 Å². The third kappa shape index (κ3) is 4.89. The minimum absolute atomic E-state index is 0.0379. The lowest BCUT2D eigenvalue weighted by Gasteiger charge is -2.10. The van der Waals surface area contributed by atoms with Crippen LogP contribution < -0.4 is 10.6 Å². The van der Waals surface area contributed by atoms with Crippen LogP contribution in [0.2, 0.25) is 0 Å². The van der Waals surface area contributed by atoms with Crippen molar-refractivity contribution in [2.75, 3.05) is 17.7 Å². The van der Waals surface area contributed by atoms with Crippen LogP contribution in [0.5, 0.6) is 0 Å². The Morgan fingerprint density at radius 2 is 1.62 bits per heavy atom. The first-order valence-electron chi connectivity index (χ1n) is 8.43. The summed E-state index contributed by atoms with van der Waals surface area (Å²) in [6.07, 6.45) is 0. The van der Waals surface area contributed by atoms with Crippen molar-refractivity contribution in [1.29, 1.82) is 0 Å². The van der Waals surface area contributed by atoms with E-state index in [0.717, 1.165) is 12.1 Å². The standard InChI is InChI=1S/C20H16F2N4O3/c1-11-23-17(19(27)26-14-7-8-15(21)16(22)9-14)10-18(24-11)25-13-5-3-12(4-6-13)20(28)29-2/h3-10H,1-2H3,(H,26,27)(H,23,24,25). The number of anilines is 3. The summed E-state index contributed by atoms with van der Waals surface area (Å²) in [5.41, 5.74) is 1.15. The van der Waals surface area contributed by atoms with E-state index in [2.05, 4.69) is 25.3 Å². The van der Waals surface area contributed by atoms with Gasteiger partial charge in [-0.25, -0.2) is 23.5 Å². The number of nitrogens with zero attached hydrogens (tertiary/aromatic N) is 2. The molecule has 2 aromatic carbocycles. The summed E-state index contributed by atoms with van der Waals surface area (Å²) in [4.78, 5) is 32.2. The van der Waals surface area contributed by atoms with Crippen molar-refractivity contribution < 1.29 is 23.1 Å². The molecule has 0 spiro atoms. The predicted molar refractivity (Wildman–Crippen MR) is 102 cm³/mol. The molecule has 0 bridgehead atoms. The van der Waals surface area contributed by atoms with E-state index in [9.17, 15) is 18.4 Å².